The van der Waals surface area contributed by atoms with E-state index in [2.05, 4.69) is 27.6 Å². The van der Waals surface area contributed by atoms with Gasteiger partial charge in [-0.3, -0.25) is 4.79 Å². The van der Waals surface area contributed by atoms with E-state index in [1.807, 2.05) is 51.1 Å². The average molecular weight is 417 g/mol. The van der Waals surface area contributed by atoms with Crippen molar-refractivity contribution in [3.05, 3.63) is 71.1 Å². The van der Waals surface area contributed by atoms with Gasteiger partial charge in [0.2, 0.25) is 0 Å². The summed E-state index contributed by atoms with van der Waals surface area (Å²) in [4.78, 5) is 18.6. The van der Waals surface area contributed by atoms with E-state index in [0.29, 0.717) is 0 Å². The predicted molar refractivity (Wildman–Crippen MR) is 120 cm³/mol. The molecule has 1 amide bonds. The number of nitriles is 1. The molecule has 0 bridgehead atoms. The highest BCUT2D eigenvalue weighted by atomic mass is 16.2. The second-order valence-corrected chi connectivity index (χ2v) is 7.67. The van der Waals surface area contributed by atoms with Crippen LogP contribution in [-0.4, -0.2) is 37.2 Å². The van der Waals surface area contributed by atoms with Crippen molar-refractivity contribution in [1.82, 2.24) is 24.2 Å². The lowest BCUT2D eigenvalue weighted by Crippen LogP contribution is -2.30. The number of likely N-dealkylation sites (N-methyl/N-ethyl adjacent to an activating group) is 1. The van der Waals surface area contributed by atoms with E-state index in [9.17, 15) is 10.1 Å². The Labute approximate surface area is 183 Å². The molecule has 7 heteroatoms. The molecule has 1 atom stereocenters. The summed E-state index contributed by atoms with van der Waals surface area (Å²) in [7, 11) is 1.73. The summed E-state index contributed by atoms with van der Waals surface area (Å²) in [5.74, 6) is -0.296. The Morgan fingerprint density at radius 3 is 2.58 bits per heavy atom. The van der Waals surface area contributed by atoms with Crippen molar-refractivity contribution >= 4 is 12.0 Å². The van der Waals surface area contributed by atoms with Crippen LogP contribution in [0.4, 0.5) is 0 Å². The van der Waals surface area contributed by atoms with Crippen LogP contribution in [0.3, 0.4) is 0 Å². The molecule has 0 saturated heterocycles. The molecule has 160 valence electrons. The topological polar surface area (TPSA) is 79.7 Å². The lowest BCUT2D eigenvalue weighted by atomic mass is 10.1. The van der Waals surface area contributed by atoms with Gasteiger partial charge in [-0.05, 0) is 62.6 Å². The van der Waals surface area contributed by atoms with Gasteiger partial charge in [-0.25, -0.2) is 9.67 Å². The Morgan fingerprint density at radius 2 is 2.00 bits per heavy atom. The summed E-state index contributed by atoms with van der Waals surface area (Å²) in [6.07, 6.45) is 5.85. The van der Waals surface area contributed by atoms with Crippen molar-refractivity contribution < 1.29 is 4.79 Å². The summed E-state index contributed by atoms with van der Waals surface area (Å²) >= 11 is 0. The van der Waals surface area contributed by atoms with E-state index >= 15 is 0 Å². The third-order valence-corrected chi connectivity index (χ3v) is 5.67. The maximum atomic E-state index is 13.1. The lowest BCUT2D eigenvalue weighted by Gasteiger charge is -2.25. The molecule has 0 aliphatic carbocycles. The normalized spacial score (nSPS) is 12.5. The van der Waals surface area contributed by atoms with Crippen molar-refractivity contribution in [3.8, 4) is 11.8 Å². The lowest BCUT2D eigenvalue weighted by molar-refractivity contribution is -0.127. The van der Waals surface area contributed by atoms with Crippen LogP contribution in [-0.2, 0) is 11.3 Å². The minimum atomic E-state index is -0.296. The molecular formula is C24H28N6O. The van der Waals surface area contributed by atoms with Crippen LogP contribution >= 0.6 is 0 Å². The van der Waals surface area contributed by atoms with Crippen molar-refractivity contribution in [2.45, 2.75) is 46.7 Å². The third-order valence-electron chi connectivity index (χ3n) is 5.67. The van der Waals surface area contributed by atoms with Crippen molar-refractivity contribution in [1.29, 1.82) is 5.26 Å². The van der Waals surface area contributed by atoms with E-state index in [1.165, 1.54) is 6.33 Å². The van der Waals surface area contributed by atoms with Gasteiger partial charge in [0.15, 0.2) is 0 Å². The van der Waals surface area contributed by atoms with Crippen LogP contribution in [0.5, 0.6) is 0 Å². The molecule has 31 heavy (non-hydrogen) atoms. The van der Waals surface area contributed by atoms with Gasteiger partial charge in [-0.1, -0.05) is 19.1 Å². The molecule has 2 aromatic heterocycles. The number of hydrogen-bond donors (Lipinski definition) is 0. The Balaban J connectivity index is 1.81. The number of aryl methyl sites for hydroxylation is 1. The fourth-order valence-corrected chi connectivity index (χ4v) is 3.68. The zero-order valence-electron chi connectivity index (χ0n) is 18.7. The SMILES string of the molecule is CCCn1c(C)cc(/C=C(\C#N)C(=O)N(C)C(C)c2ccc(-n3cncn3)cc2)c1C. The van der Waals surface area contributed by atoms with Gasteiger partial charge in [-0.2, -0.15) is 10.4 Å². The Kier molecular flexibility index (Phi) is 6.71. The summed E-state index contributed by atoms with van der Waals surface area (Å²) in [6, 6.07) is 11.7. The second kappa shape index (κ2) is 9.43. The maximum Gasteiger partial charge on any atom is 0.264 e. The highest BCUT2D eigenvalue weighted by molar-refractivity contribution is 6.01. The smallest absolute Gasteiger partial charge is 0.264 e. The molecule has 3 aromatic rings. The Hall–Kier alpha value is -3.66. The van der Waals surface area contributed by atoms with E-state index < -0.39 is 0 Å². The molecular weight excluding hydrogens is 388 g/mol. The Bertz CT molecular complexity index is 1120. The minimum Gasteiger partial charge on any atom is -0.349 e. The van der Waals surface area contributed by atoms with Crippen LogP contribution < -0.4 is 0 Å². The number of carbonyl (C=O) groups is 1. The molecule has 0 aliphatic rings. The number of aromatic nitrogens is 4. The van der Waals surface area contributed by atoms with Gasteiger partial charge in [0, 0.05) is 25.0 Å². The summed E-state index contributed by atoms with van der Waals surface area (Å²) in [5, 5.41) is 13.8. The number of benzene rings is 1. The first kappa shape index (κ1) is 22.0. The van der Waals surface area contributed by atoms with Crippen LogP contribution in [0.25, 0.3) is 11.8 Å². The number of rotatable bonds is 7. The molecule has 2 heterocycles. The molecule has 0 saturated carbocycles. The molecule has 0 fully saturated rings. The number of amides is 1. The minimum absolute atomic E-state index is 0.130. The summed E-state index contributed by atoms with van der Waals surface area (Å²) in [5.41, 5.74) is 5.10. The molecule has 7 nitrogen and oxygen atoms in total. The van der Waals surface area contributed by atoms with Gasteiger partial charge in [0.05, 0.1) is 11.7 Å². The van der Waals surface area contributed by atoms with Gasteiger partial charge < -0.3 is 9.47 Å². The number of carbonyl (C=O) groups excluding carboxylic acids is 1. The van der Waals surface area contributed by atoms with Crippen LogP contribution in [0.1, 0.15) is 48.8 Å². The molecule has 0 aliphatic heterocycles. The van der Waals surface area contributed by atoms with Crippen molar-refractivity contribution in [2.24, 2.45) is 0 Å². The molecule has 3 rings (SSSR count). The van der Waals surface area contributed by atoms with Crippen LogP contribution in [0.15, 0.2) is 48.6 Å². The predicted octanol–water partition coefficient (Wildman–Crippen LogP) is 4.22. The molecule has 0 spiro atoms. The molecule has 0 radical (unpaired) electrons. The van der Waals surface area contributed by atoms with Crippen molar-refractivity contribution in [3.63, 3.8) is 0 Å². The van der Waals surface area contributed by atoms with Gasteiger partial charge in [-0.15, -0.1) is 0 Å². The van der Waals surface area contributed by atoms with Gasteiger partial charge in [0.25, 0.3) is 5.91 Å². The zero-order chi connectivity index (χ0) is 22.5. The number of nitrogens with zero attached hydrogens (tertiary/aromatic N) is 6. The first-order chi connectivity index (χ1) is 14.9. The fraction of sp³-hybridized carbons (Fsp3) is 0.333. The first-order valence-electron chi connectivity index (χ1n) is 10.4. The van der Waals surface area contributed by atoms with Crippen LogP contribution in [0.2, 0.25) is 0 Å². The summed E-state index contributed by atoms with van der Waals surface area (Å²) in [6.45, 7) is 9.07. The zero-order valence-corrected chi connectivity index (χ0v) is 18.7. The molecule has 1 unspecified atom stereocenters. The maximum absolute atomic E-state index is 13.1. The Morgan fingerprint density at radius 1 is 1.29 bits per heavy atom. The van der Waals surface area contributed by atoms with Gasteiger partial charge in [0.1, 0.15) is 24.3 Å². The van der Waals surface area contributed by atoms with E-state index in [-0.39, 0.29) is 17.5 Å². The third kappa shape index (κ3) is 4.58. The average Bonchev–Trinajstić information content (AvgIpc) is 3.41. The fourth-order valence-electron chi connectivity index (χ4n) is 3.68. The summed E-state index contributed by atoms with van der Waals surface area (Å²) < 4.78 is 3.89. The standard InChI is InChI=1S/C24H28N6O/c1-6-11-29-17(2)12-21(19(29)4)13-22(14-25)24(31)28(5)18(3)20-7-9-23(10-8-20)30-16-26-15-27-30/h7-10,12-13,15-16,18H,6,11H2,1-5H3/b22-13+. The quantitative estimate of drug-likeness (QED) is 0.427. The number of hydrogen-bond acceptors (Lipinski definition) is 4. The van der Waals surface area contributed by atoms with E-state index in [1.54, 1.807) is 29.0 Å². The van der Waals surface area contributed by atoms with Crippen LogP contribution in [0, 0.1) is 25.2 Å². The van der Waals surface area contributed by atoms with Gasteiger partial charge >= 0.3 is 0 Å². The van der Waals surface area contributed by atoms with E-state index in [4.69, 9.17) is 0 Å². The van der Waals surface area contributed by atoms with Crippen molar-refractivity contribution in [2.75, 3.05) is 7.05 Å². The first-order valence-corrected chi connectivity index (χ1v) is 10.4. The molecule has 1 aromatic carbocycles. The monoisotopic (exact) mass is 416 g/mol. The largest absolute Gasteiger partial charge is 0.349 e. The highest BCUT2D eigenvalue weighted by Gasteiger charge is 2.22. The second-order valence-electron chi connectivity index (χ2n) is 7.67. The highest BCUT2D eigenvalue weighted by Crippen LogP contribution is 2.24. The van der Waals surface area contributed by atoms with E-state index in [0.717, 1.165) is 41.2 Å². The molecule has 0 N–H and O–H groups in total.